The standard InChI is InChI=1S/C30H36F2N6O5S/c1-30(2,3)43-29(41)36-26-19-44-18-25(26)35-27(39)24-8-5-20(16-33-24)17-38(10-4-9-37-11-13-42-14-12-37)28(40)34-21-6-7-22(31)23(32)15-21/h5-8,15-16,18-19H,4,9-14,17H2,1-3H3,(H,34,40)(H,35,39)(H,36,41). The average molecular weight is 631 g/mol. The van der Waals surface area contributed by atoms with Gasteiger partial charge in [0.15, 0.2) is 11.6 Å². The van der Waals surface area contributed by atoms with Crippen LogP contribution in [0.4, 0.5) is 35.4 Å². The summed E-state index contributed by atoms with van der Waals surface area (Å²) < 4.78 is 37.8. The molecule has 4 amide bonds. The number of nitrogens with one attached hydrogen (secondary N) is 3. The van der Waals surface area contributed by atoms with E-state index in [2.05, 4.69) is 25.8 Å². The van der Waals surface area contributed by atoms with Crippen LogP contribution in [0.3, 0.4) is 0 Å². The summed E-state index contributed by atoms with van der Waals surface area (Å²) in [6.07, 6.45) is 1.54. The van der Waals surface area contributed by atoms with Gasteiger partial charge in [-0.15, -0.1) is 11.3 Å². The first kappa shape index (κ1) is 32.8. The summed E-state index contributed by atoms with van der Waals surface area (Å²) in [6, 6.07) is 5.91. The Hall–Kier alpha value is -4.14. The van der Waals surface area contributed by atoms with E-state index in [-0.39, 0.29) is 17.9 Å². The SMILES string of the molecule is CC(C)(C)OC(=O)Nc1cscc1NC(=O)c1ccc(CN(CCCN2CCOCC2)C(=O)Nc2ccc(F)c(F)c2)cn1. The maximum Gasteiger partial charge on any atom is 0.412 e. The number of nitrogens with zero attached hydrogens (tertiary/aromatic N) is 3. The first-order valence-corrected chi connectivity index (χ1v) is 15.0. The Balaban J connectivity index is 1.39. The van der Waals surface area contributed by atoms with Gasteiger partial charge in [-0.05, 0) is 51.0 Å². The normalized spacial score (nSPS) is 13.7. The number of anilines is 3. The molecule has 2 aromatic heterocycles. The third-order valence-electron chi connectivity index (χ3n) is 6.44. The first-order valence-electron chi connectivity index (χ1n) is 14.1. The van der Waals surface area contributed by atoms with E-state index in [1.807, 2.05) is 0 Å². The zero-order valence-electron chi connectivity index (χ0n) is 24.8. The molecule has 0 unspecified atom stereocenters. The van der Waals surface area contributed by atoms with Crippen LogP contribution in [-0.4, -0.2) is 77.8 Å². The van der Waals surface area contributed by atoms with Gasteiger partial charge >= 0.3 is 12.1 Å². The summed E-state index contributed by atoms with van der Waals surface area (Å²) >= 11 is 1.30. The minimum atomic E-state index is -1.06. The second-order valence-corrected chi connectivity index (χ2v) is 11.9. The van der Waals surface area contributed by atoms with Crippen molar-refractivity contribution in [3.8, 4) is 0 Å². The summed E-state index contributed by atoms with van der Waals surface area (Å²) in [6.45, 7) is 9.55. The quantitative estimate of drug-likeness (QED) is 0.260. The van der Waals surface area contributed by atoms with E-state index in [0.29, 0.717) is 43.1 Å². The van der Waals surface area contributed by atoms with Gasteiger partial charge in [0, 0.05) is 61.4 Å². The number of hydrogen-bond acceptors (Lipinski definition) is 8. The maximum absolute atomic E-state index is 13.7. The minimum absolute atomic E-state index is 0.131. The molecule has 11 nitrogen and oxygen atoms in total. The molecule has 14 heteroatoms. The van der Waals surface area contributed by atoms with Gasteiger partial charge in [-0.1, -0.05) is 6.07 Å². The van der Waals surface area contributed by atoms with Crippen LogP contribution in [0.25, 0.3) is 0 Å². The highest BCUT2D eigenvalue weighted by Crippen LogP contribution is 2.27. The lowest BCUT2D eigenvalue weighted by molar-refractivity contribution is 0.0365. The Morgan fingerprint density at radius 3 is 2.41 bits per heavy atom. The second kappa shape index (κ2) is 15.0. The Kier molecular flexibility index (Phi) is 11.2. The molecule has 0 aliphatic carbocycles. The number of rotatable bonds is 10. The third-order valence-corrected chi connectivity index (χ3v) is 7.18. The van der Waals surface area contributed by atoms with Crippen LogP contribution in [0.2, 0.25) is 0 Å². The first-order chi connectivity index (χ1) is 21.0. The Morgan fingerprint density at radius 1 is 1.02 bits per heavy atom. The van der Waals surface area contributed by atoms with Crippen molar-refractivity contribution in [3.63, 3.8) is 0 Å². The lowest BCUT2D eigenvalue weighted by Gasteiger charge is -2.28. The number of amides is 4. The van der Waals surface area contributed by atoms with Gasteiger partial charge in [0.25, 0.3) is 5.91 Å². The molecule has 3 heterocycles. The van der Waals surface area contributed by atoms with Crippen LogP contribution in [0.15, 0.2) is 47.3 Å². The molecule has 236 valence electrons. The molecule has 3 N–H and O–H groups in total. The number of morpholine rings is 1. The van der Waals surface area contributed by atoms with Crippen LogP contribution < -0.4 is 16.0 Å². The molecular formula is C30H36F2N6O5S. The highest BCUT2D eigenvalue weighted by Gasteiger charge is 2.20. The minimum Gasteiger partial charge on any atom is -0.444 e. The predicted molar refractivity (Wildman–Crippen MR) is 164 cm³/mol. The summed E-state index contributed by atoms with van der Waals surface area (Å²) in [5.41, 5.74) is 1.05. The number of urea groups is 1. The van der Waals surface area contributed by atoms with Crippen LogP contribution in [0, 0.1) is 11.6 Å². The number of ether oxygens (including phenoxy) is 2. The fraction of sp³-hybridized carbons (Fsp3) is 0.400. The number of halogens is 2. The fourth-order valence-corrected chi connectivity index (χ4v) is 5.01. The number of hydrogen-bond donors (Lipinski definition) is 3. The van der Waals surface area contributed by atoms with Crippen LogP contribution >= 0.6 is 11.3 Å². The van der Waals surface area contributed by atoms with Gasteiger partial charge in [-0.25, -0.2) is 18.4 Å². The van der Waals surface area contributed by atoms with Crippen LogP contribution in [0.5, 0.6) is 0 Å². The highest BCUT2D eigenvalue weighted by molar-refractivity contribution is 7.09. The monoisotopic (exact) mass is 630 g/mol. The van der Waals surface area contributed by atoms with E-state index in [1.54, 1.807) is 42.5 Å². The second-order valence-electron chi connectivity index (χ2n) is 11.1. The van der Waals surface area contributed by atoms with E-state index in [1.165, 1.54) is 29.7 Å². The van der Waals surface area contributed by atoms with E-state index in [0.717, 1.165) is 31.8 Å². The molecule has 0 radical (unpaired) electrons. The lowest BCUT2D eigenvalue weighted by Crippen LogP contribution is -2.40. The van der Waals surface area contributed by atoms with Gasteiger partial charge in [-0.2, -0.15) is 0 Å². The smallest absolute Gasteiger partial charge is 0.412 e. The molecule has 1 saturated heterocycles. The molecule has 4 rings (SSSR count). The summed E-state index contributed by atoms with van der Waals surface area (Å²) in [4.78, 5) is 46.3. The molecule has 44 heavy (non-hydrogen) atoms. The molecule has 0 saturated carbocycles. The molecule has 0 bridgehead atoms. The molecule has 3 aromatic rings. The van der Waals surface area contributed by atoms with Gasteiger partial charge in [-0.3, -0.25) is 20.0 Å². The average Bonchev–Trinajstić information content (AvgIpc) is 3.40. The maximum atomic E-state index is 13.7. The van der Waals surface area contributed by atoms with Crippen molar-refractivity contribution < 1.29 is 32.6 Å². The van der Waals surface area contributed by atoms with Crippen molar-refractivity contribution in [3.05, 3.63) is 70.2 Å². The number of benzene rings is 1. The van der Waals surface area contributed by atoms with Crippen molar-refractivity contribution in [1.29, 1.82) is 0 Å². The summed E-state index contributed by atoms with van der Waals surface area (Å²) in [5.74, 6) is -2.55. The lowest BCUT2D eigenvalue weighted by atomic mass is 10.2. The zero-order chi connectivity index (χ0) is 31.7. The van der Waals surface area contributed by atoms with E-state index >= 15 is 0 Å². The van der Waals surface area contributed by atoms with Gasteiger partial charge < -0.3 is 25.0 Å². The largest absolute Gasteiger partial charge is 0.444 e. The Morgan fingerprint density at radius 2 is 1.75 bits per heavy atom. The van der Waals surface area contributed by atoms with Crippen molar-refractivity contribution in [1.82, 2.24) is 14.8 Å². The van der Waals surface area contributed by atoms with Crippen molar-refractivity contribution in [2.45, 2.75) is 39.3 Å². The molecule has 1 aliphatic heterocycles. The van der Waals surface area contributed by atoms with E-state index in [9.17, 15) is 23.2 Å². The topological polar surface area (TPSA) is 125 Å². The Labute approximate surface area is 258 Å². The van der Waals surface area contributed by atoms with Crippen LogP contribution in [-0.2, 0) is 16.0 Å². The van der Waals surface area contributed by atoms with E-state index < -0.39 is 35.3 Å². The Bertz CT molecular complexity index is 1440. The fourth-order valence-electron chi connectivity index (χ4n) is 4.30. The molecule has 1 fully saturated rings. The highest BCUT2D eigenvalue weighted by atomic mass is 32.1. The third kappa shape index (κ3) is 9.96. The van der Waals surface area contributed by atoms with Crippen molar-refractivity contribution in [2.75, 3.05) is 55.3 Å². The van der Waals surface area contributed by atoms with Gasteiger partial charge in [0.2, 0.25) is 0 Å². The molecule has 1 aromatic carbocycles. The zero-order valence-corrected chi connectivity index (χ0v) is 25.6. The van der Waals surface area contributed by atoms with E-state index in [4.69, 9.17) is 9.47 Å². The van der Waals surface area contributed by atoms with Crippen LogP contribution in [0.1, 0.15) is 43.2 Å². The van der Waals surface area contributed by atoms with Crippen molar-refractivity contribution in [2.24, 2.45) is 0 Å². The van der Waals surface area contributed by atoms with Crippen molar-refractivity contribution >= 4 is 46.4 Å². The summed E-state index contributed by atoms with van der Waals surface area (Å²) in [5, 5.41) is 11.4. The molecular weight excluding hydrogens is 594 g/mol. The van der Waals surface area contributed by atoms with Gasteiger partial charge in [0.05, 0.1) is 24.6 Å². The molecule has 0 spiro atoms. The number of carbonyl (C=O) groups is 3. The molecule has 1 aliphatic rings. The number of thiophene rings is 1. The number of aromatic nitrogens is 1. The predicted octanol–water partition coefficient (Wildman–Crippen LogP) is 5.78. The number of pyridine rings is 1. The number of carbonyl (C=O) groups excluding carboxylic acids is 3. The summed E-state index contributed by atoms with van der Waals surface area (Å²) in [7, 11) is 0. The molecule has 0 atom stereocenters. The van der Waals surface area contributed by atoms with Gasteiger partial charge in [0.1, 0.15) is 11.3 Å².